The van der Waals surface area contributed by atoms with Gasteiger partial charge in [0.25, 0.3) is 0 Å². The fraction of sp³-hybridized carbons (Fsp3) is 0.211. The van der Waals surface area contributed by atoms with Crippen LogP contribution >= 0.6 is 0 Å². The van der Waals surface area contributed by atoms with E-state index in [1.54, 1.807) is 6.20 Å². The van der Waals surface area contributed by atoms with Gasteiger partial charge in [-0.15, -0.1) is 0 Å². The van der Waals surface area contributed by atoms with Crippen molar-refractivity contribution < 1.29 is 0 Å². The Morgan fingerprint density at radius 2 is 1.86 bits per heavy atom. The molecule has 3 rings (SSSR count). The summed E-state index contributed by atoms with van der Waals surface area (Å²) in [6.45, 7) is 7.22. The highest BCUT2D eigenvalue weighted by molar-refractivity contribution is 5.54. The van der Waals surface area contributed by atoms with Crippen molar-refractivity contribution in [2.24, 2.45) is 0 Å². The van der Waals surface area contributed by atoms with Crippen LogP contribution in [0.5, 0.6) is 0 Å². The first-order valence-corrected chi connectivity index (χ1v) is 7.55. The Hall–Kier alpha value is -2.55. The first-order chi connectivity index (χ1) is 10.6. The number of aromatic nitrogens is 3. The summed E-state index contributed by atoms with van der Waals surface area (Å²) >= 11 is 0. The number of rotatable bonds is 4. The Balaban J connectivity index is 1.92. The molecule has 0 fully saturated rings. The summed E-state index contributed by atoms with van der Waals surface area (Å²) in [7, 11) is 0. The van der Waals surface area contributed by atoms with Crippen LogP contribution in [-0.4, -0.2) is 14.3 Å². The van der Waals surface area contributed by atoms with E-state index < -0.39 is 0 Å². The first-order valence-electron chi connectivity index (χ1n) is 7.55. The number of nitrogens with zero attached hydrogens (tertiary/aromatic N) is 3. The van der Waals surface area contributed by atoms with Gasteiger partial charge >= 0.3 is 0 Å². The Kier molecular flexibility index (Phi) is 3.96. The van der Waals surface area contributed by atoms with E-state index in [1.165, 1.54) is 28.2 Å². The lowest BCUT2D eigenvalue weighted by Gasteiger charge is -2.10. The van der Waals surface area contributed by atoms with E-state index in [2.05, 4.69) is 72.9 Å². The molecule has 22 heavy (non-hydrogen) atoms. The van der Waals surface area contributed by atoms with Crippen LogP contribution in [0.25, 0.3) is 11.8 Å². The average molecular weight is 291 g/mol. The number of aryl methyl sites for hydroxylation is 2. The number of allylic oxidation sites excluding steroid dienone is 1. The molecule has 2 aromatic heterocycles. The van der Waals surface area contributed by atoms with Crippen LogP contribution < -0.4 is 0 Å². The molecule has 0 saturated carbocycles. The van der Waals surface area contributed by atoms with Crippen LogP contribution in [0.1, 0.15) is 22.5 Å². The average Bonchev–Trinajstić information content (AvgIpc) is 3.10. The van der Waals surface area contributed by atoms with E-state index >= 15 is 0 Å². The van der Waals surface area contributed by atoms with Crippen molar-refractivity contribution >= 4 is 6.08 Å². The van der Waals surface area contributed by atoms with Gasteiger partial charge < -0.3 is 4.57 Å². The molecule has 0 amide bonds. The Bertz CT molecular complexity index is 775. The summed E-state index contributed by atoms with van der Waals surface area (Å²) in [6.07, 6.45) is 8.09. The summed E-state index contributed by atoms with van der Waals surface area (Å²) in [5.74, 6) is 0. The minimum absolute atomic E-state index is 0.782. The number of hydrogen-bond acceptors (Lipinski definition) is 1. The third-order valence-corrected chi connectivity index (χ3v) is 3.96. The number of hydrogen-bond donors (Lipinski definition) is 0. The summed E-state index contributed by atoms with van der Waals surface area (Å²) in [5.41, 5.74) is 6.27. The molecule has 1 aromatic carbocycles. The van der Waals surface area contributed by atoms with Crippen LogP contribution in [0.15, 0.2) is 54.9 Å². The lowest BCUT2D eigenvalue weighted by molar-refractivity contribution is 0.703. The summed E-state index contributed by atoms with van der Waals surface area (Å²) in [5, 5.41) is 4.22. The minimum Gasteiger partial charge on any atom is -0.314 e. The topological polar surface area (TPSA) is 22.8 Å². The van der Waals surface area contributed by atoms with Crippen molar-refractivity contribution in [3.8, 4) is 5.69 Å². The van der Waals surface area contributed by atoms with Crippen LogP contribution in [0.3, 0.4) is 0 Å². The van der Waals surface area contributed by atoms with Gasteiger partial charge in [-0.2, -0.15) is 5.10 Å². The zero-order chi connectivity index (χ0) is 15.5. The predicted octanol–water partition coefficient (Wildman–Crippen LogP) is 4.31. The molecule has 0 atom stereocenters. The maximum Gasteiger partial charge on any atom is 0.0593 e. The molecule has 0 bridgehead atoms. The normalized spacial score (nSPS) is 11.4. The molecule has 0 aliphatic heterocycles. The van der Waals surface area contributed by atoms with Crippen LogP contribution in [0.2, 0.25) is 0 Å². The standard InChI is InChI=1S/C19H21N3/c1-15-7-9-18(10-8-15)22-17(3)16(2)14-19(22)6-4-12-21-13-5-11-20-21/h4-11,13-14H,12H2,1-3H3/b6-4+. The van der Waals surface area contributed by atoms with Gasteiger partial charge in [0.2, 0.25) is 0 Å². The van der Waals surface area contributed by atoms with Crippen LogP contribution in [0, 0.1) is 20.8 Å². The summed E-state index contributed by atoms with van der Waals surface area (Å²) in [6, 6.07) is 12.8. The fourth-order valence-electron chi connectivity index (χ4n) is 2.61. The molecule has 0 radical (unpaired) electrons. The Labute approximate surface area is 131 Å². The molecule has 2 heterocycles. The van der Waals surface area contributed by atoms with E-state index in [-0.39, 0.29) is 0 Å². The Morgan fingerprint density at radius 3 is 2.55 bits per heavy atom. The van der Waals surface area contributed by atoms with Gasteiger partial charge in [-0.05, 0) is 56.7 Å². The van der Waals surface area contributed by atoms with Crippen molar-refractivity contribution in [2.45, 2.75) is 27.3 Å². The molecule has 0 spiro atoms. The zero-order valence-corrected chi connectivity index (χ0v) is 13.3. The molecule has 3 nitrogen and oxygen atoms in total. The van der Waals surface area contributed by atoms with Gasteiger partial charge in [0, 0.05) is 29.5 Å². The van der Waals surface area contributed by atoms with Gasteiger partial charge in [0.15, 0.2) is 0 Å². The quantitative estimate of drug-likeness (QED) is 0.702. The van der Waals surface area contributed by atoms with Gasteiger partial charge in [-0.3, -0.25) is 4.68 Å². The minimum atomic E-state index is 0.782. The zero-order valence-electron chi connectivity index (χ0n) is 13.3. The summed E-state index contributed by atoms with van der Waals surface area (Å²) < 4.78 is 4.21. The second-order valence-corrected chi connectivity index (χ2v) is 5.64. The monoisotopic (exact) mass is 291 g/mol. The molecule has 0 N–H and O–H groups in total. The fourth-order valence-corrected chi connectivity index (χ4v) is 2.61. The molecule has 3 heteroatoms. The molecule has 0 aliphatic carbocycles. The lowest BCUT2D eigenvalue weighted by Crippen LogP contribution is -2.00. The third-order valence-electron chi connectivity index (χ3n) is 3.96. The van der Waals surface area contributed by atoms with Crippen molar-refractivity contribution in [1.29, 1.82) is 0 Å². The van der Waals surface area contributed by atoms with Crippen LogP contribution in [-0.2, 0) is 6.54 Å². The SMILES string of the molecule is Cc1ccc(-n2c(/C=C/Cn3cccn3)cc(C)c2C)cc1. The van der Waals surface area contributed by atoms with Gasteiger partial charge in [-0.1, -0.05) is 23.8 Å². The molecular weight excluding hydrogens is 270 g/mol. The van der Waals surface area contributed by atoms with Gasteiger partial charge in [0.1, 0.15) is 0 Å². The maximum absolute atomic E-state index is 4.22. The van der Waals surface area contributed by atoms with E-state index in [0.717, 1.165) is 6.54 Å². The van der Waals surface area contributed by atoms with E-state index in [4.69, 9.17) is 0 Å². The second kappa shape index (κ2) is 6.06. The smallest absolute Gasteiger partial charge is 0.0593 e. The van der Waals surface area contributed by atoms with Crippen molar-refractivity contribution in [2.75, 3.05) is 0 Å². The third kappa shape index (κ3) is 2.89. The molecular formula is C19H21N3. The highest BCUT2D eigenvalue weighted by Crippen LogP contribution is 2.22. The Morgan fingerprint density at radius 1 is 1.09 bits per heavy atom. The molecule has 112 valence electrons. The van der Waals surface area contributed by atoms with Crippen molar-refractivity contribution in [1.82, 2.24) is 14.3 Å². The van der Waals surface area contributed by atoms with Gasteiger partial charge in [0.05, 0.1) is 6.54 Å². The lowest BCUT2D eigenvalue weighted by atomic mass is 10.2. The van der Waals surface area contributed by atoms with E-state index in [1.807, 2.05) is 16.9 Å². The van der Waals surface area contributed by atoms with Crippen molar-refractivity contribution in [3.05, 3.63) is 77.4 Å². The number of benzene rings is 1. The van der Waals surface area contributed by atoms with Gasteiger partial charge in [-0.25, -0.2) is 0 Å². The second-order valence-electron chi connectivity index (χ2n) is 5.64. The van der Waals surface area contributed by atoms with E-state index in [0.29, 0.717) is 0 Å². The predicted molar refractivity (Wildman–Crippen MR) is 91.2 cm³/mol. The van der Waals surface area contributed by atoms with Crippen LogP contribution in [0.4, 0.5) is 0 Å². The highest BCUT2D eigenvalue weighted by atomic mass is 15.3. The molecule has 0 unspecified atom stereocenters. The highest BCUT2D eigenvalue weighted by Gasteiger charge is 2.08. The first kappa shape index (κ1) is 14.4. The largest absolute Gasteiger partial charge is 0.314 e. The molecule has 0 saturated heterocycles. The molecule has 3 aromatic rings. The molecule has 0 aliphatic rings. The van der Waals surface area contributed by atoms with E-state index in [9.17, 15) is 0 Å². The summed E-state index contributed by atoms with van der Waals surface area (Å²) in [4.78, 5) is 0. The maximum atomic E-state index is 4.22. The van der Waals surface area contributed by atoms with Crippen molar-refractivity contribution in [3.63, 3.8) is 0 Å².